The van der Waals surface area contributed by atoms with E-state index in [9.17, 15) is 14.3 Å². The van der Waals surface area contributed by atoms with E-state index in [1.807, 2.05) is 0 Å². The third-order valence-electron chi connectivity index (χ3n) is 3.25. The minimum Gasteiger partial charge on any atom is -0.496 e. The molecule has 0 heterocycles. The highest BCUT2D eigenvalue weighted by molar-refractivity contribution is 6.30. The summed E-state index contributed by atoms with van der Waals surface area (Å²) < 4.78 is 24.3. The van der Waals surface area contributed by atoms with Crippen LogP contribution >= 0.6 is 24.0 Å². The summed E-state index contributed by atoms with van der Waals surface area (Å²) >= 11 is 5.76. The number of ether oxygens (including phenoxy) is 2. The fourth-order valence-electron chi connectivity index (χ4n) is 2.16. The molecule has 2 aromatic carbocycles. The zero-order valence-electron chi connectivity index (χ0n) is 12.4. The monoisotopic (exact) mass is 360 g/mol. The van der Waals surface area contributed by atoms with Gasteiger partial charge in [0.1, 0.15) is 22.9 Å². The first-order valence-corrected chi connectivity index (χ1v) is 6.76. The normalized spacial score (nSPS) is 9.91. The first-order valence-electron chi connectivity index (χ1n) is 6.39. The molecule has 0 aromatic heterocycles. The standard InChI is InChI=1S/C16H14ClFO4.ClH/c1-21-13-8-14(22-2)11(16(19)20)7-10(13)6-9-4-3-5-12(17)15(9)18;/h3-5,7-8H,6H2,1-2H3,(H,19,20);1H. The van der Waals surface area contributed by atoms with Crippen molar-refractivity contribution in [2.45, 2.75) is 6.42 Å². The van der Waals surface area contributed by atoms with Gasteiger partial charge < -0.3 is 14.6 Å². The Bertz CT molecular complexity index is 719. The van der Waals surface area contributed by atoms with Crippen molar-refractivity contribution >= 4 is 30.0 Å². The van der Waals surface area contributed by atoms with Gasteiger partial charge in [-0.3, -0.25) is 0 Å². The first-order chi connectivity index (χ1) is 10.5. The molecule has 7 heteroatoms. The smallest absolute Gasteiger partial charge is 0.339 e. The Balaban J connectivity index is 0.00000264. The van der Waals surface area contributed by atoms with Crippen LogP contribution in [0.3, 0.4) is 0 Å². The molecule has 0 aliphatic rings. The second-order valence-electron chi connectivity index (χ2n) is 4.56. The van der Waals surface area contributed by atoms with Crippen molar-refractivity contribution in [3.05, 3.63) is 57.9 Å². The molecule has 0 radical (unpaired) electrons. The molecule has 0 saturated carbocycles. The molecule has 0 aliphatic heterocycles. The van der Waals surface area contributed by atoms with Crippen LogP contribution in [0.25, 0.3) is 0 Å². The molecule has 0 fully saturated rings. The zero-order chi connectivity index (χ0) is 16.3. The van der Waals surface area contributed by atoms with Crippen molar-refractivity contribution in [3.63, 3.8) is 0 Å². The molecule has 0 amide bonds. The summed E-state index contributed by atoms with van der Waals surface area (Å²) in [7, 11) is 2.82. The van der Waals surface area contributed by atoms with Crippen LogP contribution in [0, 0.1) is 5.82 Å². The number of rotatable bonds is 5. The van der Waals surface area contributed by atoms with Crippen molar-refractivity contribution in [2.75, 3.05) is 14.2 Å². The largest absolute Gasteiger partial charge is 0.496 e. The number of hydrogen-bond donors (Lipinski definition) is 1. The third-order valence-corrected chi connectivity index (χ3v) is 3.54. The molecule has 4 nitrogen and oxygen atoms in total. The predicted octanol–water partition coefficient (Wildman–Crippen LogP) is 4.21. The Labute approximate surface area is 144 Å². The molecule has 2 rings (SSSR count). The lowest BCUT2D eigenvalue weighted by molar-refractivity contribution is 0.0693. The maximum Gasteiger partial charge on any atom is 0.339 e. The number of carboxylic acid groups (broad SMARTS) is 1. The SMILES string of the molecule is COc1cc(OC)c(C(=O)O)cc1Cc1cccc(Cl)c1F.Cl. The summed E-state index contributed by atoms with van der Waals surface area (Å²) in [6.07, 6.45) is 0.153. The van der Waals surface area contributed by atoms with Crippen molar-refractivity contribution in [1.29, 1.82) is 0 Å². The van der Waals surface area contributed by atoms with E-state index < -0.39 is 11.8 Å². The van der Waals surface area contributed by atoms with Crippen LogP contribution in [0.15, 0.2) is 30.3 Å². The second-order valence-corrected chi connectivity index (χ2v) is 4.97. The van der Waals surface area contributed by atoms with Crippen LogP contribution in [0.2, 0.25) is 5.02 Å². The predicted molar refractivity (Wildman–Crippen MR) is 88.0 cm³/mol. The molecule has 2 aromatic rings. The lowest BCUT2D eigenvalue weighted by atomic mass is 10.0. The molecule has 0 spiro atoms. The van der Waals surface area contributed by atoms with E-state index in [1.165, 1.54) is 32.4 Å². The van der Waals surface area contributed by atoms with E-state index in [0.717, 1.165) is 0 Å². The molecule has 124 valence electrons. The number of halogens is 3. The van der Waals surface area contributed by atoms with Crippen LogP contribution in [-0.4, -0.2) is 25.3 Å². The Kier molecular flexibility index (Phi) is 6.66. The Hall–Kier alpha value is -1.98. The van der Waals surface area contributed by atoms with Crippen molar-refractivity contribution in [1.82, 2.24) is 0 Å². The van der Waals surface area contributed by atoms with Crippen molar-refractivity contribution in [2.24, 2.45) is 0 Å². The number of carbonyl (C=O) groups is 1. The lowest BCUT2D eigenvalue weighted by Gasteiger charge is -2.13. The highest BCUT2D eigenvalue weighted by atomic mass is 35.5. The summed E-state index contributed by atoms with van der Waals surface area (Å²) in [5.74, 6) is -1.06. The van der Waals surface area contributed by atoms with Gasteiger partial charge in [0.2, 0.25) is 0 Å². The molecule has 0 atom stereocenters. The summed E-state index contributed by atoms with van der Waals surface area (Å²) in [5.41, 5.74) is 0.870. The van der Waals surface area contributed by atoms with Gasteiger partial charge in [-0.2, -0.15) is 0 Å². The molecule has 0 aliphatic carbocycles. The number of benzene rings is 2. The van der Waals surface area contributed by atoms with Crippen LogP contribution in [-0.2, 0) is 6.42 Å². The topological polar surface area (TPSA) is 55.8 Å². The summed E-state index contributed by atoms with van der Waals surface area (Å²) in [5, 5.41) is 9.25. The number of methoxy groups -OCH3 is 2. The van der Waals surface area contributed by atoms with E-state index in [4.69, 9.17) is 21.1 Å². The van der Waals surface area contributed by atoms with Gasteiger partial charge in [-0.05, 0) is 23.3 Å². The summed E-state index contributed by atoms with van der Waals surface area (Å²) in [6.45, 7) is 0. The van der Waals surface area contributed by atoms with Crippen LogP contribution in [0.5, 0.6) is 11.5 Å². The zero-order valence-corrected chi connectivity index (χ0v) is 14.0. The molecule has 1 N–H and O–H groups in total. The summed E-state index contributed by atoms with van der Waals surface area (Å²) in [6, 6.07) is 7.57. The average molecular weight is 361 g/mol. The second kappa shape index (κ2) is 8.04. The van der Waals surface area contributed by atoms with E-state index in [1.54, 1.807) is 12.1 Å². The van der Waals surface area contributed by atoms with E-state index in [-0.39, 0.29) is 35.2 Å². The molecule has 23 heavy (non-hydrogen) atoms. The van der Waals surface area contributed by atoms with Crippen LogP contribution in [0.4, 0.5) is 4.39 Å². The fourth-order valence-corrected chi connectivity index (χ4v) is 2.35. The van der Waals surface area contributed by atoms with Crippen molar-refractivity contribution in [3.8, 4) is 11.5 Å². The lowest BCUT2D eigenvalue weighted by Crippen LogP contribution is -2.05. The molecular formula is C16H15Cl2FO4. The molecular weight excluding hydrogens is 346 g/mol. The van der Waals surface area contributed by atoms with Gasteiger partial charge >= 0.3 is 5.97 Å². The van der Waals surface area contributed by atoms with Gasteiger partial charge in [0.15, 0.2) is 0 Å². The number of carboxylic acids is 1. The van der Waals surface area contributed by atoms with E-state index >= 15 is 0 Å². The maximum absolute atomic E-state index is 14.0. The van der Waals surface area contributed by atoms with Crippen LogP contribution in [0.1, 0.15) is 21.5 Å². The van der Waals surface area contributed by atoms with Gasteiger partial charge in [-0.1, -0.05) is 23.7 Å². The van der Waals surface area contributed by atoms with Crippen LogP contribution < -0.4 is 9.47 Å². The average Bonchev–Trinajstić information content (AvgIpc) is 2.51. The number of aromatic carboxylic acids is 1. The van der Waals surface area contributed by atoms with Gasteiger partial charge in [0.25, 0.3) is 0 Å². The van der Waals surface area contributed by atoms with E-state index in [0.29, 0.717) is 16.9 Å². The van der Waals surface area contributed by atoms with Crippen molar-refractivity contribution < 1.29 is 23.8 Å². The third kappa shape index (κ3) is 4.06. The van der Waals surface area contributed by atoms with E-state index in [2.05, 4.69) is 0 Å². The summed E-state index contributed by atoms with van der Waals surface area (Å²) in [4.78, 5) is 11.3. The first kappa shape index (κ1) is 19.1. The van der Waals surface area contributed by atoms with Gasteiger partial charge in [-0.15, -0.1) is 12.4 Å². The Morgan fingerprint density at radius 2 is 1.83 bits per heavy atom. The quantitative estimate of drug-likeness (QED) is 0.867. The number of hydrogen-bond acceptors (Lipinski definition) is 3. The van der Waals surface area contributed by atoms with Gasteiger partial charge in [0.05, 0.1) is 19.2 Å². The Morgan fingerprint density at radius 3 is 2.39 bits per heavy atom. The molecule has 0 saturated heterocycles. The van der Waals surface area contributed by atoms with Gasteiger partial charge in [-0.25, -0.2) is 9.18 Å². The Morgan fingerprint density at radius 1 is 1.17 bits per heavy atom. The highest BCUT2D eigenvalue weighted by Gasteiger charge is 2.18. The molecule has 0 bridgehead atoms. The fraction of sp³-hybridized carbons (Fsp3) is 0.188. The minimum atomic E-state index is -1.13. The molecule has 0 unspecified atom stereocenters. The highest BCUT2D eigenvalue weighted by Crippen LogP contribution is 2.32. The minimum absolute atomic E-state index is 0. The maximum atomic E-state index is 14.0. The van der Waals surface area contributed by atoms with Gasteiger partial charge in [0, 0.05) is 12.5 Å².